The van der Waals surface area contributed by atoms with Gasteiger partial charge in [-0.15, -0.1) is 24.8 Å². The van der Waals surface area contributed by atoms with Crippen LogP contribution in [0.2, 0.25) is 0 Å². The van der Waals surface area contributed by atoms with Crippen molar-refractivity contribution in [2.24, 2.45) is 17.6 Å². The number of hydrogen-bond donors (Lipinski definition) is 2. The highest BCUT2D eigenvalue weighted by Gasteiger charge is 2.40. The number of aromatic nitrogens is 1. The molecule has 0 spiro atoms. The molecule has 3 saturated carbocycles. The molecule has 6 heteroatoms. The Hall–Kier alpha value is -0.840. The summed E-state index contributed by atoms with van der Waals surface area (Å²) in [6.45, 7) is 0. The van der Waals surface area contributed by atoms with Crippen LogP contribution in [-0.4, -0.2) is 23.0 Å². The lowest BCUT2D eigenvalue weighted by atomic mass is 9.67. The molecule has 1 amide bonds. The van der Waals surface area contributed by atoms with Crippen molar-refractivity contribution in [3.8, 4) is 0 Å². The molecule has 0 aromatic carbocycles. The highest BCUT2D eigenvalue weighted by atomic mass is 35.5. The van der Waals surface area contributed by atoms with Gasteiger partial charge in [0.25, 0.3) is 5.91 Å². The third kappa shape index (κ3) is 4.04. The van der Waals surface area contributed by atoms with E-state index in [1.54, 1.807) is 0 Å². The number of carbonyl (C=O) groups is 1. The molecule has 2 unspecified atom stereocenters. The van der Waals surface area contributed by atoms with E-state index in [0.29, 0.717) is 35.5 Å². The number of pyridine rings is 1. The zero-order valence-electron chi connectivity index (χ0n) is 13.8. The van der Waals surface area contributed by atoms with Gasteiger partial charge in [-0.05, 0) is 67.9 Å². The van der Waals surface area contributed by atoms with E-state index in [1.807, 2.05) is 12.3 Å². The molecule has 3 fully saturated rings. The minimum absolute atomic E-state index is 0. The van der Waals surface area contributed by atoms with Gasteiger partial charge in [-0.2, -0.15) is 0 Å². The third-order valence-corrected chi connectivity index (χ3v) is 5.74. The van der Waals surface area contributed by atoms with Crippen molar-refractivity contribution in [3.63, 3.8) is 0 Å². The van der Waals surface area contributed by atoms with Crippen LogP contribution in [0.4, 0.5) is 0 Å². The largest absolute Gasteiger partial charge is 0.347 e. The third-order valence-electron chi connectivity index (χ3n) is 5.74. The van der Waals surface area contributed by atoms with E-state index in [9.17, 15) is 4.79 Å². The van der Waals surface area contributed by atoms with Gasteiger partial charge < -0.3 is 11.1 Å². The summed E-state index contributed by atoms with van der Waals surface area (Å²) in [4.78, 5) is 16.9. The van der Waals surface area contributed by atoms with E-state index in [0.717, 1.165) is 12.8 Å². The monoisotopic (exact) mass is 371 g/mol. The van der Waals surface area contributed by atoms with Crippen LogP contribution in [0.25, 0.3) is 0 Å². The summed E-state index contributed by atoms with van der Waals surface area (Å²) in [5.41, 5.74) is 7.98. The molecule has 24 heavy (non-hydrogen) atoms. The standard InChI is InChI=1S/C18H25N3O.2ClH/c19-15-8-12-2-1-3-13(9-15)17(12)21-18(22)16-7-6-14(10-20-16)11-4-5-11;;/h6-7,10-13,15,17H,1-5,8-9,19H2,(H,21,22);2*1H. The summed E-state index contributed by atoms with van der Waals surface area (Å²) in [6, 6.07) is 4.57. The van der Waals surface area contributed by atoms with Crippen LogP contribution < -0.4 is 11.1 Å². The number of rotatable bonds is 3. The van der Waals surface area contributed by atoms with E-state index in [2.05, 4.69) is 16.4 Å². The lowest BCUT2D eigenvalue weighted by Crippen LogP contribution is -2.53. The number of nitrogens with two attached hydrogens (primary N) is 1. The fourth-order valence-corrected chi connectivity index (χ4v) is 4.45. The van der Waals surface area contributed by atoms with Crippen LogP contribution in [-0.2, 0) is 0 Å². The predicted octanol–water partition coefficient (Wildman–Crippen LogP) is 3.44. The number of fused-ring (bicyclic) bond motifs is 2. The molecule has 0 aliphatic heterocycles. The summed E-state index contributed by atoms with van der Waals surface area (Å²) in [7, 11) is 0. The number of nitrogens with zero attached hydrogens (tertiary/aromatic N) is 1. The number of hydrogen-bond acceptors (Lipinski definition) is 3. The van der Waals surface area contributed by atoms with E-state index < -0.39 is 0 Å². The van der Waals surface area contributed by atoms with Crippen LogP contribution in [0.5, 0.6) is 0 Å². The maximum absolute atomic E-state index is 12.5. The second-order valence-corrected chi connectivity index (χ2v) is 7.43. The molecule has 0 saturated heterocycles. The molecule has 1 heterocycles. The molecule has 3 aliphatic carbocycles. The zero-order valence-corrected chi connectivity index (χ0v) is 15.5. The number of carbonyl (C=O) groups excluding carboxylic acids is 1. The Balaban J connectivity index is 0.00000104. The van der Waals surface area contributed by atoms with Crippen molar-refractivity contribution in [1.82, 2.24) is 10.3 Å². The number of amides is 1. The predicted molar refractivity (Wildman–Crippen MR) is 100 cm³/mol. The summed E-state index contributed by atoms with van der Waals surface area (Å²) in [5.74, 6) is 1.78. The van der Waals surface area contributed by atoms with Crippen LogP contribution >= 0.6 is 24.8 Å². The summed E-state index contributed by atoms with van der Waals surface area (Å²) in [5, 5.41) is 3.27. The first-order valence-electron chi connectivity index (χ1n) is 8.73. The SMILES string of the molecule is Cl.Cl.NC1CC2CCCC(C1)C2NC(=O)c1ccc(C2CC2)cn1. The Morgan fingerprint density at radius 1 is 1.08 bits per heavy atom. The molecule has 134 valence electrons. The van der Waals surface area contributed by atoms with Crippen LogP contribution in [0, 0.1) is 11.8 Å². The van der Waals surface area contributed by atoms with E-state index >= 15 is 0 Å². The molecular weight excluding hydrogens is 345 g/mol. The van der Waals surface area contributed by atoms with E-state index in [1.165, 1.54) is 37.7 Å². The van der Waals surface area contributed by atoms with Gasteiger partial charge in [0.1, 0.15) is 5.69 Å². The van der Waals surface area contributed by atoms with Crippen LogP contribution in [0.1, 0.15) is 66.9 Å². The molecule has 2 atom stereocenters. The Bertz CT molecular complexity index is 548. The first-order chi connectivity index (χ1) is 10.7. The maximum Gasteiger partial charge on any atom is 0.270 e. The molecule has 3 aliphatic rings. The molecule has 1 aromatic rings. The molecular formula is C18H27Cl2N3O. The minimum Gasteiger partial charge on any atom is -0.347 e. The fourth-order valence-electron chi connectivity index (χ4n) is 4.45. The first kappa shape index (κ1) is 19.5. The van der Waals surface area contributed by atoms with Gasteiger partial charge in [0.05, 0.1) is 0 Å². The lowest BCUT2D eigenvalue weighted by molar-refractivity contribution is 0.0751. The topological polar surface area (TPSA) is 68.0 Å². The van der Waals surface area contributed by atoms with Crippen molar-refractivity contribution >= 4 is 30.7 Å². The summed E-state index contributed by atoms with van der Waals surface area (Å²) < 4.78 is 0. The Kier molecular flexibility index (Phi) is 6.52. The number of nitrogens with one attached hydrogen (secondary N) is 1. The highest BCUT2D eigenvalue weighted by Crippen LogP contribution is 2.40. The molecule has 2 bridgehead atoms. The van der Waals surface area contributed by atoms with Crippen molar-refractivity contribution in [2.45, 2.75) is 62.9 Å². The average molecular weight is 372 g/mol. The van der Waals surface area contributed by atoms with Crippen LogP contribution in [0.3, 0.4) is 0 Å². The summed E-state index contributed by atoms with van der Waals surface area (Å²) in [6.07, 6.45) is 10.2. The minimum atomic E-state index is -0.0141. The van der Waals surface area contributed by atoms with Crippen molar-refractivity contribution in [3.05, 3.63) is 29.6 Å². The quantitative estimate of drug-likeness (QED) is 0.854. The highest BCUT2D eigenvalue weighted by molar-refractivity contribution is 5.92. The second-order valence-electron chi connectivity index (χ2n) is 7.43. The average Bonchev–Trinajstić information content (AvgIpc) is 3.33. The van der Waals surface area contributed by atoms with Crippen molar-refractivity contribution in [2.75, 3.05) is 0 Å². The van der Waals surface area contributed by atoms with E-state index in [-0.39, 0.29) is 30.7 Å². The van der Waals surface area contributed by atoms with Crippen LogP contribution in [0.15, 0.2) is 18.3 Å². The van der Waals surface area contributed by atoms with Crippen molar-refractivity contribution in [1.29, 1.82) is 0 Å². The fraction of sp³-hybridized carbons (Fsp3) is 0.667. The Morgan fingerprint density at radius 3 is 2.29 bits per heavy atom. The molecule has 4 rings (SSSR count). The first-order valence-corrected chi connectivity index (χ1v) is 8.73. The molecule has 0 radical (unpaired) electrons. The second kappa shape index (κ2) is 8.03. The van der Waals surface area contributed by atoms with Crippen molar-refractivity contribution < 1.29 is 4.79 Å². The molecule has 1 aromatic heterocycles. The number of halogens is 2. The molecule has 4 nitrogen and oxygen atoms in total. The zero-order chi connectivity index (χ0) is 15.1. The Labute approximate surface area is 156 Å². The molecule has 3 N–H and O–H groups in total. The van der Waals surface area contributed by atoms with Gasteiger partial charge in [-0.25, -0.2) is 0 Å². The summed E-state index contributed by atoms with van der Waals surface area (Å²) >= 11 is 0. The maximum atomic E-state index is 12.5. The Morgan fingerprint density at radius 2 is 1.75 bits per heavy atom. The van der Waals surface area contributed by atoms with Gasteiger partial charge in [-0.1, -0.05) is 12.5 Å². The normalized spacial score (nSPS) is 31.4. The van der Waals surface area contributed by atoms with E-state index in [4.69, 9.17) is 5.73 Å². The van der Waals surface area contributed by atoms with Gasteiger partial charge in [0.15, 0.2) is 0 Å². The van der Waals surface area contributed by atoms with Gasteiger partial charge >= 0.3 is 0 Å². The van der Waals surface area contributed by atoms with Gasteiger partial charge in [-0.3, -0.25) is 9.78 Å². The lowest BCUT2D eigenvalue weighted by Gasteiger charge is -2.45. The van der Waals surface area contributed by atoms with Gasteiger partial charge in [0, 0.05) is 18.3 Å². The smallest absolute Gasteiger partial charge is 0.270 e. The van der Waals surface area contributed by atoms with Gasteiger partial charge in [0.2, 0.25) is 0 Å².